The first-order chi connectivity index (χ1) is 8.15. The standard InChI is InChI=1S/C13H18FNO2/c1-8-6-9(4-5-10(8)14)17-12-7-11(15-2)13(12)16-3/h4-6,11-13,15H,7H2,1-3H3. The summed E-state index contributed by atoms with van der Waals surface area (Å²) in [6, 6.07) is 5.14. The van der Waals surface area contributed by atoms with E-state index in [1.165, 1.54) is 6.07 Å². The summed E-state index contributed by atoms with van der Waals surface area (Å²) in [6.45, 7) is 1.73. The molecule has 4 heteroatoms. The van der Waals surface area contributed by atoms with Crippen molar-refractivity contribution >= 4 is 0 Å². The van der Waals surface area contributed by atoms with Crippen LogP contribution in [-0.2, 0) is 4.74 Å². The minimum Gasteiger partial charge on any atom is -0.488 e. The van der Waals surface area contributed by atoms with Gasteiger partial charge in [0, 0.05) is 19.6 Å². The van der Waals surface area contributed by atoms with Crippen LogP contribution in [0.25, 0.3) is 0 Å². The summed E-state index contributed by atoms with van der Waals surface area (Å²) in [5, 5.41) is 3.17. The third-order valence-corrected chi connectivity index (χ3v) is 3.31. The van der Waals surface area contributed by atoms with E-state index in [1.807, 2.05) is 7.05 Å². The van der Waals surface area contributed by atoms with Crippen molar-refractivity contribution in [3.05, 3.63) is 29.6 Å². The van der Waals surface area contributed by atoms with Crippen molar-refractivity contribution in [3.8, 4) is 5.75 Å². The van der Waals surface area contributed by atoms with Gasteiger partial charge >= 0.3 is 0 Å². The second-order valence-electron chi connectivity index (χ2n) is 4.40. The van der Waals surface area contributed by atoms with E-state index in [0.717, 1.165) is 6.42 Å². The zero-order valence-corrected chi connectivity index (χ0v) is 10.4. The lowest BCUT2D eigenvalue weighted by atomic mass is 9.85. The van der Waals surface area contributed by atoms with Crippen LogP contribution in [0.3, 0.4) is 0 Å². The van der Waals surface area contributed by atoms with Crippen molar-refractivity contribution in [2.45, 2.75) is 31.6 Å². The fraction of sp³-hybridized carbons (Fsp3) is 0.538. The van der Waals surface area contributed by atoms with Crippen LogP contribution in [0.2, 0.25) is 0 Å². The second kappa shape index (κ2) is 5.02. The van der Waals surface area contributed by atoms with Crippen LogP contribution in [0.1, 0.15) is 12.0 Å². The molecule has 0 radical (unpaired) electrons. The summed E-state index contributed by atoms with van der Waals surface area (Å²) in [5.41, 5.74) is 0.598. The molecule has 1 aromatic rings. The van der Waals surface area contributed by atoms with Gasteiger partial charge in [-0.1, -0.05) is 0 Å². The van der Waals surface area contributed by atoms with Gasteiger partial charge in [-0.15, -0.1) is 0 Å². The topological polar surface area (TPSA) is 30.5 Å². The van der Waals surface area contributed by atoms with E-state index in [1.54, 1.807) is 26.2 Å². The molecule has 0 aromatic heterocycles. The van der Waals surface area contributed by atoms with Crippen molar-refractivity contribution < 1.29 is 13.9 Å². The maximum Gasteiger partial charge on any atom is 0.128 e. The van der Waals surface area contributed by atoms with Gasteiger partial charge in [0.1, 0.15) is 23.8 Å². The molecule has 0 bridgehead atoms. The van der Waals surface area contributed by atoms with E-state index in [9.17, 15) is 4.39 Å². The lowest BCUT2D eigenvalue weighted by Gasteiger charge is -2.43. The molecule has 2 rings (SSSR count). The fourth-order valence-corrected chi connectivity index (χ4v) is 2.16. The van der Waals surface area contributed by atoms with Gasteiger partial charge < -0.3 is 14.8 Å². The molecule has 94 valence electrons. The number of nitrogens with one attached hydrogen (secondary N) is 1. The Labute approximate surface area is 101 Å². The molecule has 17 heavy (non-hydrogen) atoms. The van der Waals surface area contributed by atoms with Crippen LogP contribution >= 0.6 is 0 Å². The van der Waals surface area contributed by atoms with Gasteiger partial charge in [-0.05, 0) is 37.7 Å². The highest BCUT2D eigenvalue weighted by atomic mass is 19.1. The zero-order valence-electron chi connectivity index (χ0n) is 10.4. The largest absolute Gasteiger partial charge is 0.488 e. The molecule has 0 spiro atoms. The zero-order chi connectivity index (χ0) is 12.4. The number of aryl methyl sites for hydroxylation is 1. The lowest BCUT2D eigenvalue weighted by Crippen LogP contribution is -2.60. The van der Waals surface area contributed by atoms with E-state index in [-0.39, 0.29) is 18.0 Å². The van der Waals surface area contributed by atoms with Crippen molar-refractivity contribution in [3.63, 3.8) is 0 Å². The number of hydrogen-bond acceptors (Lipinski definition) is 3. The molecule has 0 amide bonds. The van der Waals surface area contributed by atoms with Crippen molar-refractivity contribution in [1.29, 1.82) is 0 Å². The normalized spacial score (nSPS) is 27.6. The number of ether oxygens (including phenoxy) is 2. The van der Waals surface area contributed by atoms with Crippen molar-refractivity contribution in [2.24, 2.45) is 0 Å². The number of benzene rings is 1. The molecule has 0 aliphatic heterocycles. The van der Waals surface area contributed by atoms with Gasteiger partial charge in [-0.3, -0.25) is 0 Å². The van der Waals surface area contributed by atoms with Gasteiger partial charge in [0.05, 0.1) is 0 Å². The Morgan fingerprint density at radius 3 is 2.76 bits per heavy atom. The van der Waals surface area contributed by atoms with E-state index >= 15 is 0 Å². The number of methoxy groups -OCH3 is 1. The van der Waals surface area contributed by atoms with Crippen LogP contribution in [0, 0.1) is 12.7 Å². The molecule has 1 saturated carbocycles. The number of hydrogen-bond donors (Lipinski definition) is 1. The minimum absolute atomic E-state index is 0.0438. The van der Waals surface area contributed by atoms with E-state index in [0.29, 0.717) is 17.4 Å². The molecular weight excluding hydrogens is 221 g/mol. The van der Waals surface area contributed by atoms with Crippen LogP contribution < -0.4 is 10.1 Å². The Morgan fingerprint density at radius 1 is 1.41 bits per heavy atom. The highest BCUT2D eigenvalue weighted by Gasteiger charge is 2.42. The maximum absolute atomic E-state index is 13.1. The fourth-order valence-electron chi connectivity index (χ4n) is 2.16. The molecular formula is C13H18FNO2. The van der Waals surface area contributed by atoms with Gasteiger partial charge in [0.25, 0.3) is 0 Å². The SMILES string of the molecule is CNC1CC(Oc2ccc(F)c(C)c2)C1OC. The van der Waals surface area contributed by atoms with Crippen LogP contribution in [0.4, 0.5) is 4.39 Å². The molecule has 1 aliphatic carbocycles. The summed E-state index contributed by atoms with van der Waals surface area (Å²) in [7, 11) is 3.59. The third kappa shape index (κ3) is 2.42. The predicted molar refractivity (Wildman–Crippen MR) is 63.8 cm³/mol. The minimum atomic E-state index is -0.206. The molecule has 3 atom stereocenters. The lowest BCUT2D eigenvalue weighted by molar-refractivity contribution is -0.0869. The molecule has 1 fully saturated rings. The third-order valence-electron chi connectivity index (χ3n) is 3.31. The summed E-state index contributed by atoms with van der Waals surface area (Å²) in [4.78, 5) is 0. The first-order valence-corrected chi connectivity index (χ1v) is 5.78. The first kappa shape index (κ1) is 12.3. The quantitative estimate of drug-likeness (QED) is 0.870. The number of rotatable bonds is 4. The van der Waals surface area contributed by atoms with Crippen molar-refractivity contribution in [1.82, 2.24) is 5.32 Å². The summed E-state index contributed by atoms with van der Waals surface area (Å²) < 4.78 is 24.3. The molecule has 1 aliphatic rings. The predicted octanol–water partition coefficient (Wildman–Crippen LogP) is 1.89. The maximum atomic E-state index is 13.1. The van der Waals surface area contributed by atoms with Crippen LogP contribution in [-0.4, -0.2) is 32.4 Å². The van der Waals surface area contributed by atoms with Crippen LogP contribution in [0.15, 0.2) is 18.2 Å². The van der Waals surface area contributed by atoms with Gasteiger partial charge in [-0.2, -0.15) is 0 Å². The average molecular weight is 239 g/mol. The van der Waals surface area contributed by atoms with Gasteiger partial charge in [-0.25, -0.2) is 4.39 Å². The smallest absolute Gasteiger partial charge is 0.128 e. The highest BCUT2D eigenvalue weighted by molar-refractivity contribution is 5.29. The molecule has 0 heterocycles. The second-order valence-corrected chi connectivity index (χ2v) is 4.40. The van der Waals surface area contributed by atoms with Gasteiger partial charge in [0.15, 0.2) is 0 Å². The van der Waals surface area contributed by atoms with E-state index < -0.39 is 0 Å². The molecule has 0 saturated heterocycles. The Morgan fingerprint density at radius 2 is 2.18 bits per heavy atom. The average Bonchev–Trinajstić information content (AvgIpc) is 2.29. The summed E-state index contributed by atoms with van der Waals surface area (Å²) in [5.74, 6) is 0.493. The first-order valence-electron chi connectivity index (χ1n) is 5.78. The van der Waals surface area contributed by atoms with Gasteiger partial charge in [0.2, 0.25) is 0 Å². The Hall–Kier alpha value is -1.13. The summed E-state index contributed by atoms with van der Waals surface area (Å²) >= 11 is 0. The Balaban J connectivity index is 2.00. The number of halogens is 1. The molecule has 3 unspecified atom stereocenters. The molecule has 1 N–H and O–H groups in total. The van der Waals surface area contributed by atoms with E-state index in [2.05, 4.69) is 5.32 Å². The molecule has 3 nitrogen and oxygen atoms in total. The highest BCUT2D eigenvalue weighted by Crippen LogP contribution is 2.29. The summed E-state index contributed by atoms with van der Waals surface area (Å²) in [6.07, 6.45) is 1.01. The van der Waals surface area contributed by atoms with Crippen LogP contribution in [0.5, 0.6) is 5.75 Å². The molecule has 1 aromatic carbocycles. The Bertz CT molecular complexity index is 397. The van der Waals surface area contributed by atoms with E-state index in [4.69, 9.17) is 9.47 Å². The monoisotopic (exact) mass is 239 g/mol. The number of likely N-dealkylation sites (N-methyl/N-ethyl adjacent to an activating group) is 1. The van der Waals surface area contributed by atoms with Crippen molar-refractivity contribution in [2.75, 3.05) is 14.2 Å². The Kier molecular flexibility index (Phi) is 3.64.